The van der Waals surface area contributed by atoms with Crippen LogP contribution in [0.1, 0.15) is 11.1 Å². The fourth-order valence-corrected chi connectivity index (χ4v) is 2.48. The summed E-state index contributed by atoms with van der Waals surface area (Å²) in [6.07, 6.45) is 0.386. The Morgan fingerprint density at radius 1 is 1.14 bits per heavy atom. The number of nitrogens with one attached hydrogen (secondary N) is 1. The number of nitrogens with zero attached hydrogens (tertiary/aromatic N) is 1. The van der Waals surface area contributed by atoms with Crippen molar-refractivity contribution >= 4 is 23.4 Å². The van der Waals surface area contributed by atoms with Gasteiger partial charge in [-0.05, 0) is 36.8 Å². The molecule has 0 spiro atoms. The molecule has 1 N–H and O–H groups in total. The zero-order chi connectivity index (χ0) is 15.1. The summed E-state index contributed by atoms with van der Waals surface area (Å²) in [4.78, 5) is 13.0. The number of carbonyl (C=O) groups is 1. The summed E-state index contributed by atoms with van der Waals surface area (Å²) in [6.45, 7) is 2.04. The van der Waals surface area contributed by atoms with Crippen LogP contribution in [0.15, 0.2) is 53.4 Å². The van der Waals surface area contributed by atoms with Crippen molar-refractivity contribution in [2.24, 2.45) is 0 Å². The van der Waals surface area contributed by atoms with Crippen molar-refractivity contribution in [3.8, 4) is 6.07 Å². The summed E-state index contributed by atoms with van der Waals surface area (Å²) in [6, 6.07) is 17.6. The van der Waals surface area contributed by atoms with Crippen LogP contribution in [-0.2, 0) is 11.2 Å². The van der Waals surface area contributed by atoms with Crippen molar-refractivity contribution < 1.29 is 4.79 Å². The van der Waals surface area contributed by atoms with Crippen LogP contribution in [0.2, 0.25) is 0 Å². The molecule has 2 rings (SSSR count). The summed E-state index contributed by atoms with van der Waals surface area (Å²) in [5.41, 5.74) is 2.91. The fraction of sp³-hybridized carbons (Fsp3) is 0.176. The lowest BCUT2D eigenvalue weighted by Gasteiger charge is -2.06. The van der Waals surface area contributed by atoms with E-state index < -0.39 is 0 Å². The highest BCUT2D eigenvalue weighted by Crippen LogP contribution is 2.18. The van der Waals surface area contributed by atoms with Crippen molar-refractivity contribution in [3.05, 3.63) is 59.7 Å². The van der Waals surface area contributed by atoms with Gasteiger partial charge in [-0.25, -0.2) is 0 Å². The van der Waals surface area contributed by atoms with E-state index in [0.717, 1.165) is 16.1 Å². The van der Waals surface area contributed by atoms with E-state index >= 15 is 0 Å². The number of amides is 1. The van der Waals surface area contributed by atoms with E-state index in [9.17, 15) is 4.79 Å². The van der Waals surface area contributed by atoms with Crippen LogP contribution in [0, 0.1) is 18.3 Å². The number of benzene rings is 2. The Morgan fingerprint density at radius 2 is 1.81 bits per heavy atom. The smallest absolute Gasteiger partial charge is 0.234 e. The predicted octanol–water partition coefficient (Wildman–Crippen LogP) is 3.79. The molecule has 2 aromatic carbocycles. The average molecular weight is 296 g/mol. The third-order valence-electron chi connectivity index (χ3n) is 2.91. The van der Waals surface area contributed by atoms with E-state index in [4.69, 9.17) is 5.26 Å². The normalized spacial score (nSPS) is 9.90. The summed E-state index contributed by atoms with van der Waals surface area (Å²) in [7, 11) is 0. The molecule has 1 amide bonds. The first kappa shape index (κ1) is 15.1. The lowest BCUT2D eigenvalue weighted by molar-refractivity contribution is -0.113. The lowest BCUT2D eigenvalue weighted by atomic mass is 10.1. The van der Waals surface area contributed by atoms with Gasteiger partial charge in [0.1, 0.15) is 0 Å². The van der Waals surface area contributed by atoms with Crippen molar-refractivity contribution in [2.45, 2.75) is 18.2 Å². The van der Waals surface area contributed by atoms with Gasteiger partial charge in [0.2, 0.25) is 5.91 Å². The minimum Gasteiger partial charge on any atom is -0.325 e. The quantitative estimate of drug-likeness (QED) is 0.854. The van der Waals surface area contributed by atoms with Gasteiger partial charge in [0.15, 0.2) is 0 Å². The summed E-state index contributed by atoms with van der Waals surface area (Å²) in [5, 5.41) is 11.5. The molecular weight excluding hydrogens is 280 g/mol. The van der Waals surface area contributed by atoms with E-state index in [1.807, 2.05) is 55.5 Å². The number of nitriles is 1. The van der Waals surface area contributed by atoms with Gasteiger partial charge in [-0.3, -0.25) is 4.79 Å². The largest absolute Gasteiger partial charge is 0.325 e. The lowest BCUT2D eigenvalue weighted by Crippen LogP contribution is -2.13. The zero-order valence-corrected chi connectivity index (χ0v) is 12.6. The van der Waals surface area contributed by atoms with Gasteiger partial charge in [0.25, 0.3) is 0 Å². The number of hydrogen-bond donors (Lipinski definition) is 1. The number of aryl methyl sites for hydroxylation is 1. The van der Waals surface area contributed by atoms with E-state index in [2.05, 4.69) is 11.4 Å². The van der Waals surface area contributed by atoms with Crippen molar-refractivity contribution in [1.29, 1.82) is 5.26 Å². The van der Waals surface area contributed by atoms with Gasteiger partial charge in [-0.15, -0.1) is 11.8 Å². The van der Waals surface area contributed by atoms with Crippen LogP contribution in [0.25, 0.3) is 0 Å². The Bertz CT molecular complexity index is 642. The zero-order valence-electron chi connectivity index (χ0n) is 11.8. The summed E-state index contributed by atoms with van der Waals surface area (Å²) in [5.74, 6) is 0.344. The van der Waals surface area contributed by atoms with Crippen LogP contribution in [0.3, 0.4) is 0 Å². The third kappa shape index (κ3) is 4.97. The predicted molar refractivity (Wildman–Crippen MR) is 86.3 cm³/mol. The van der Waals surface area contributed by atoms with E-state index in [-0.39, 0.29) is 5.91 Å². The number of hydrogen-bond acceptors (Lipinski definition) is 3. The van der Waals surface area contributed by atoms with Crippen molar-refractivity contribution in [2.75, 3.05) is 11.1 Å². The van der Waals surface area contributed by atoms with E-state index in [0.29, 0.717) is 12.2 Å². The third-order valence-corrected chi connectivity index (χ3v) is 3.92. The monoisotopic (exact) mass is 296 g/mol. The maximum Gasteiger partial charge on any atom is 0.234 e. The molecule has 2 aromatic rings. The number of anilines is 1. The molecule has 0 bridgehead atoms. The standard InChI is InChI=1S/C17H16N2OS/c1-13-2-8-16(9-3-13)21-12-17(20)19-15-6-4-14(5-7-15)10-11-18/h2-9H,10,12H2,1H3,(H,19,20). The first-order valence-electron chi connectivity index (χ1n) is 6.62. The SMILES string of the molecule is Cc1ccc(SCC(=O)Nc2ccc(CC#N)cc2)cc1. The van der Waals surface area contributed by atoms with Gasteiger partial charge in [-0.1, -0.05) is 29.8 Å². The van der Waals surface area contributed by atoms with Crippen LogP contribution in [0.4, 0.5) is 5.69 Å². The highest BCUT2D eigenvalue weighted by atomic mass is 32.2. The molecule has 0 atom stereocenters. The second kappa shape index (κ2) is 7.51. The molecule has 0 saturated carbocycles. The van der Waals surface area contributed by atoms with Crippen LogP contribution in [0.5, 0.6) is 0 Å². The van der Waals surface area contributed by atoms with Gasteiger partial charge >= 0.3 is 0 Å². The molecule has 0 saturated heterocycles. The second-order valence-electron chi connectivity index (χ2n) is 4.68. The molecular formula is C17H16N2OS. The Labute approximate surface area is 129 Å². The molecule has 0 fully saturated rings. The minimum atomic E-state index is -0.0337. The molecule has 0 unspecified atom stereocenters. The maximum absolute atomic E-state index is 11.9. The molecule has 0 aliphatic rings. The molecule has 0 heterocycles. The molecule has 0 radical (unpaired) electrons. The highest BCUT2D eigenvalue weighted by Gasteiger charge is 2.04. The maximum atomic E-state index is 11.9. The average Bonchev–Trinajstić information content (AvgIpc) is 2.49. The second-order valence-corrected chi connectivity index (χ2v) is 5.73. The highest BCUT2D eigenvalue weighted by molar-refractivity contribution is 8.00. The van der Waals surface area contributed by atoms with E-state index in [1.165, 1.54) is 17.3 Å². The molecule has 0 aliphatic heterocycles. The van der Waals surface area contributed by atoms with Crippen molar-refractivity contribution in [3.63, 3.8) is 0 Å². The molecule has 0 aliphatic carbocycles. The topological polar surface area (TPSA) is 52.9 Å². The molecule has 3 nitrogen and oxygen atoms in total. The van der Waals surface area contributed by atoms with Gasteiger partial charge in [-0.2, -0.15) is 5.26 Å². The molecule has 21 heavy (non-hydrogen) atoms. The van der Waals surface area contributed by atoms with Crippen LogP contribution >= 0.6 is 11.8 Å². The summed E-state index contributed by atoms with van der Waals surface area (Å²) >= 11 is 1.51. The summed E-state index contributed by atoms with van der Waals surface area (Å²) < 4.78 is 0. The Hall–Kier alpha value is -2.25. The van der Waals surface area contributed by atoms with Crippen LogP contribution in [-0.4, -0.2) is 11.7 Å². The Morgan fingerprint density at radius 3 is 2.43 bits per heavy atom. The molecule has 106 valence electrons. The first-order chi connectivity index (χ1) is 10.2. The fourth-order valence-electron chi connectivity index (χ4n) is 1.78. The van der Waals surface area contributed by atoms with Gasteiger partial charge < -0.3 is 5.32 Å². The van der Waals surface area contributed by atoms with Gasteiger partial charge in [0.05, 0.1) is 18.2 Å². The number of carbonyl (C=O) groups excluding carboxylic acids is 1. The molecule has 0 aromatic heterocycles. The molecule has 4 heteroatoms. The Kier molecular flexibility index (Phi) is 5.42. The minimum absolute atomic E-state index is 0.0337. The number of rotatable bonds is 5. The van der Waals surface area contributed by atoms with Gasteiger partial charge in [0, 0.05) is 10.6 Å². The Balaban J connectivity index is 1.84. The first-order valence-corrected chi connectivity index (χ1v) is 7.61. The van der Waals surface area contributed by atoms with E-state index in [1.54, 1.807) is 0 Å². The van der Waals surface area contributed by atoms with Crippen molar-refractivity contribution in [1.82, 2.24) is 0 Å². The van der Waals surface area contributed by atoms with Crippen LogP contribution < -0.4 is 5.32 Å². The number of thioether (sulfide) groups is 1.